The van der Waals surface area contributed by atoms with Crippen molar-refractivity contribution in [2.24, 2.45) is 0 Å². The van der Waals surface area contributed by atoms with Gasteiger partial charge in [-0.3, -0.25) is 4.79 Å². The average Bonchev–Trinajstić information content (AvgIpc) is 2.39. The van der Waals surface area contributed by atoms with Gasteiger partial charge < -0.3 is 5.73 Å². The number of rotatable bonds is 3. The van der Waals surface area contributed by atoms with Crippen LogP contribution in [0.25, 0.3) is 11.1 Å². The van der Waals surface area contributed by atoms with E-state index in [9.17, 15) is 4.79 Å². The molecule has 2 rings (SSSR count). The summed E-state index contributed by atoms with van der Waals surface area (Å²) >= 11 is 5.87. The number of anilines is 1. The van der Waals surface area contributed by atoms with E-state index in [0.29, 0.717) is 22.7 Å². The molecule has 0 aliphatic rings. The maximum atomic E-state index is 11.9. The van der Waals surface area contributed by atoms with Crippen molar-refractivity contribution >= 4 is 23.1 Å². The summed E-state index contributed by atoms with van der Waals surface area (Å²) in [6.07, 6.45) is 0.462. The van der Waals surface area contributed by atoms with Gasteiger partial charge in [0.1, 0.15) is 0 Å². The Morgan fingerprint density at radius 1 is 1.17 bits per heavy atom. The first-order chi connectivity index (χ1) is 8.63. The number of ketones is 1. The van der Waals surface area contributed by atoms with E-state index in [0.717, 1.165) is 11.1 Å². The van der Waals surface area contributed by atoms with Crippen molar-refractivity contribution in [2.75, 3.05) is 5.73 Å². The largest absolute Gasteiger partial charge is 0.398 e. The van der Waals surface area contributed by atoms with E-state index >= 15 is 0 Å². The maximum absolute atomic E-state index is 11.9. The zero-order chi connectivity index (χ0) is 13.1. The van der Waals surface area contributed by atoms with Crippen molar-refractivity contribution < 1.29 is 4.79 Å². The van der Waals surface area contributed by atoms with Crippen LogP contribution in [0, 0.1) is 0 Å². The molecule has 0 atom stereocenters. The second-order valence-corrected chi connectivity index (χ2v) is 4.49. The van der Waals surface area contributed by atoms with Crippen LogP contribution in [0.3, 0.4) is 0 Å². The number of carbonyl (C=O) groups is 1. The Morgan fingerprint density at radius 3 is 2.44 bits per heavy atom. The number of nitrogen functional groups attached to an aromatic ring is 1. The molecule has 0 aliphatic carbocycles. The van der Waals surface area contributed by atoms with Crippen LogP contribution in [0.2, 0.25) is 5.02 Å². The summed E-state index contributed by atoms with van der Waals surface area (Å²) in [4.78, 5) is 11.9. The molecule has 92 valence electrons. The Balaban J connectivity index is 2.62. The number of Topliss-reactive ketones (excluding diaryl/α,β-unsaturated/α-hetero) is 1. The van der Waals surface area contributed by atoms with Gasteiger partial charge in [-0.1, -0.05) is 42.8 Å². The van der Waals surface area contributed by atoms with Crippen molar-refractivity contribution in [2.45, 2.75) is 13.3 Å². The number of nitrogens with two attached hydrogens (primary N) is 1. The van der Waals surface area contributed by atoms with E-state index in [1.165, 1.54) is 0 Å². The molecule has 2 nitrogen and oxygen atoms in total. The number of benzene rings is 2. The van der Waals surface area contributed by atoms with Crippen molar-refractivity contribution in [1.82, 2.24) is 0 Å². The summed E-state index contributed by atoms with van der Waals surface area (Å²) in [5.74, 6) is 0.0900. The van der Waals surface area contributed by atoms with E-state index in [4.69, 9.17) is 17.3 Å². The third kappa shape index (κ3) is 2.39. The van der Waals surface area contributed by atoms with Gasteiger partial charge in [0.15, 0.2) is 5.78 Å². The molecule has 0 fully saturated rings. The third-order valence-electron chi connectivity index (χ3n) is 2.85. The summed E-state index contributed by atoms with van der Waals surface area (Å²) in [5, 5.41) is 0.664. The highest BCUT2D eigenvalue weighted by molar-refractivity contribution is 6.30. The SMILES string of the molecule is CCC(=O)c1cccc(N)c1-c1ccc(Cl)cc1. The normalized spacial score (nSPS) is 10.3. The molecule has 0 saturated heterocycles. The fourth-order valence-electron chi connectivity index (χ4n) is 1.93. The second kappa shape index (κ2) is 5.23. The predicted octanol–water partition coefficient (Wildman–Crippen LogP) is 4.18. The predicted molar refractivity (Wildman–Crippen MR) is 75.9 cm³/mol. The van der Waals surface area contributed by atoms with Gasteiger partial charge >= 0.3 is 0 Å². The lowest BCUT2D eigenvalue weighted by molar-refractivity contribution is 0.0989. The van der Waals surface area contributed by atoms with Crippen molar-refractivity contribution in [3.63, 3.8) is 0 Å². The molecule has 2 aromatic carbocycles. The molecule has 2 N–H and O–H groups in total. The van der Waals surface area contributed by atoms with Gasteiger partial charge in [-0.25, -0.2) is 0 Å². The lowest BCUT2D eigenvalue weighted by Gasteiger charge is -2.11. The Hall–Kier alpha value is -1.80. The van der Waals surface area contributed by atoms with E-state index in [-0.39, 0.29) is 5.78 Å². The van der Waals surface area contributed by atoms with E-state index in [1.807, 2.05) is 25.1 Å². The Labute approximate surface area is 111 Å². The van der Waals surface area contributed by atoms with Crippen molar-refractivity contribution in [3.05, 3.63) is 53.1 Å². The minimum absolute atomic E-state index is 0.0900. The first-order valence-electron chi connectivity index (χ1n) is 5.81. The minimum atomic E-state index is 0.0900. The highest BCUT2D eigenvalue weighted by Gasteiger charge is 2.13. The molecule has 0 aliphatic heterocycles. The first-order valence-corrected chi connectivity index (χ1v) is 6.19. The van der Waals surface area contributed by atoms with Crippen LogP contribution in [0.5, 0.6) is 0 Å². The van der Waals surface area contributed by atoms with Crippen LogP contribution in [0.4, 0.5) is 5.69 Å². The minimum Gasteiger partial charge on any atom is -0.398 e. The third-order valence-corrected chi connectivity index (χ3v) is 3.10. The van der Waals surface area contributed by atoms with Gasteiger partial charge in [0, 0.05) is 28.3 Å². The van der Waals surface area contributed by atoms with Crippen LogP contribution in [0.1, 0.15) is 23.7 Å². The van der Waals surface area contributed by atoms with Crippen LogP contribution in [0.15, 0.2) is 42.5 Å². The van der Waals surface area contributed by atoms with Crippen molar-refractivity contribution in [3.8, 4) is 11.1 Å². The highest BCUT2D eigenvalue weighted by atomic mass is 35.5. The van der Waals surface area contributed by atoms with Crippen LogP contribution in [-0.4, -0.2) is 5.78 Å². The molecular weight excluding hydrogens is 246 g/mol. The van der Waals surface area contributed by atoms with Crippen LogP contribution >= 0.6 is 11.6 Å². The van der Waals surface area contributed by atoms with Crippen molar-refractivity contribution in [1.29, 1.82) is 0 Å². The zero-order valence-electron chi connectivity index (χ0n) is 10.1. The number of hydrogen-bond acceptors (Lipinski definition) is 2. The molecule has 0 aromatic heterocycles. The van der Waals surface area contributed by atoms with Gasteiger partial charge in [0.25, 0.3) is 0 Å². The molecule has 0 radical (unpaired) electrons. The number of hydrogen-bond donors (Lipinski definition) is 1. The molecule has 3 heteroatoms. The smallest absolute Gasteiger partial charge is 0.163 e. The summed E-state index contributed by atoms with van der Waals surface area (Å²) < 4.78 is 0. The monoisotopic (exact) mass is 259 g/mol. The summed E-state index contributed by atoms with van der Waals surface area (Å²) in [5.41, 5.74) is 8.98. The van der Waals surface area contributed by atoms with Gasteiger partial charge in [0.2, 0.25) is 0 Å². The molecule has 2 aromatic rings. The Morgan fingerprint density at radius 2 is 1.83 bits per heavy atom. The maximum Gasteiger partial charge on any atom is 0.163 e. The van der Waals surface area contributed by atoms with Gasteiger partial charge in [0.05, 0.1) is 0 Å². The Bertz CT molecular complexity index is 576. The zero-order valence-corrected chi connectivity index (χ0v) is 10.9. The lowest BCUT2D eigenvalue weighted by Crippen LogP contribution is -2.02. The van der Waals surface area contributed by atoms with E-state index < -0.39 is 0 Å². The summed E-state index contributed by atoms with van der Waals surface area (Å²) in [7, 11) is 0. The fourth-order valence-corrected chi connectivity index (χ4v) is 2.06. The fraction of sp³-hybridized carbons (Fsp3) is 0.133. The van der Waals surface area contributed by atoms with Crippen LogP contribution < -0.4 is 5.73 Å². The molecule has 18 heavy (non-hydrogen) atoms. The molecule has 0 saturated carbocycles. The second-order valence-electron chi connectivity index (χ2n) is 4.05. The van der Waals surface area contributed by atoms with Crippen LogP contribution in [-0.2, 0) is 0 Å². The molecular formula is C15H14ClNO. The molecule has 0 bridgehead atoms. The highest BCUT2D eigenvalue weighted by Crippen LogP contribution is 2.31. The molecule has 0 spiro atoms. The summed E-state index contributed by atoms with van der Waals surface area (Å²) in [6.45, 7) is 1.84. The number of carbonyl (C=O) groups excluding carboxylic acids is 1. The first kappa shape index (κ1) is 12.7. The van der Waals surface area contributed by atoms with Gasteiger partial charge in [-0.15, -0.1) is 0 Å². The average molecular weight is 260 g/mol. The quantitative estimate of drug-likeness (QED) is 0.664. The van der Waals surface area contributed by atoms with Gasteiger partial charge in [-0.05, 0) is 23.8 Å². The van der Waals surface area contributed by atoms with E-state index in [1.54, 1.807) is 24.3 Å². The summed E-state index contributed by atoms with van der Waals surface area (Å²) in [6, 6.07) is 12.8. The molecule has 0 heterocycles. The topological polar surface area (TPSA) is 43.1 Å². The number of halogens is 1. The van der Waals surface area contributed by atoms with Gasteiger partial charge in [-0.2, -0.15) is 0 Å². The standard InChI is InChI=1S/C15H14ClNO/c1-2-14(18)12-4-3-5-13(17)15(12)10-6-8-11(16)9-7-10/h3-9H,2,17H2,1H3. The lowest BCUT2D eigenvalue weighted by atomic mass is 9.94. The molecule has 0 unspecified atom stereocenters. The Kier molecular flexibility index (Phi) is 3.68. The molecule has 0 amide bonds. The van der Waals surface area contributed by atoms with E-state index in [2.05, 4.69) is 0 Å².